The molecular weight excluding hydrogens is 286 g/mol. The van der Waals surface area contributed by atoms with Gasteiger partial charge < -0.3 is 5.73 Å². The van der Waals surface area contributed by atoms with Gasteiger partial charge in [-0.3, -0.25) is 9.71 Å². The summed E-state index contributed by atoms with van der Waals surface area (Å²) < 4.78 is 27.1. The smallest absolute Gasteiger partial charge is 0.233 e. The van der Waals surface area contributed by atoms with Gasteiger partial charge in [-0.15, -0.1) is 0 Å². The summed E-state index contributed by atoms with van der Waals surface area (Å²) in [5, 5.41) is 0. The monoisotopic (exact) mass is 305 g/mol. The van der Waals surface area contributed by atoms with E-state index < -0.39 is 10.0 Å². The summed E-state index contributed by atoms with van der Waals surface area (Å²) in [5.74, 6) is 0.0280. The summed E-state index contributed by atoms with van der Waals surface area (Å²) in [6.45, 7) is 3.67. The van der Waals surface area contributed by atoms with Crippen LogP contribution in [0.2, 0.25) is 0 Å². The average molecular weight is 305 g/mol. The highest BCUT2D eigenvalue weighted by molar-refractivity contribution is 7.92. The molecule has 0 aliphatic rings. The van der Waals surface area contributed by atoms with Gasteiger partial charge in [-0.25, -0.2) is 8.42 Å². The number of aromatic nitrogens is 1. The normalized spacial score (nSPS) is 11.3. The lowest BCUT2D eigenvalue weighted by atomic mass is 10.1. The molecule has 1 aromatic carbocycles. The maximum absolute atomic E-state index is 12.2. The molecule has 3 N–H and O–H groups in total. The van der Waals surface area contributed by atoms with Crippen LogP contribution in [0, 0.1) is 13.8 Å². The second-order valence-corrected chi connectivity index (χ2v) is 6.90. The number of aryl methyl sites for hydroxylation is 3. The minimum absolute atomic E-state index is 0.0280. The van der Waals surface area contributed by atoms with Gasteiger partial charge in [0.05, 0.1) is 11.4 Å². The quantitative estimate of drug-likeness (QED) is 0.830. The van der Waals surface area contributed by atoms with Gasteiger partial charge in [-0.2, -0.15) is 0 Å². The van der Waals surface area contributed by atoms with Gasteiger partial charge in [0, 0.05) is 18.1 Å². The van der Waals surface area contributed by atoms with Crippen LogP contribution in [0.15, 0.2) is 36.7 Å². The van der Waals surface area contributed by atoms with E-state index in [-0.39, 0.29) is 5.75 Å². The van der Waals surface area contributed by atoms with Crippen molar-refractivity contribution in [3.05, 3.63) is 53.3 Å². The Morgan fingerprint density at radius 1 is 1.14 bits per heavy atom. The number of benzene rings is 1. The second kappa shape index (κ2) is 6.13. The Kier molecular flexibility index (Phi) is 4.47. The molecule has 21 heavy (non-hydrogen) atoms. The third-order valence-corrected chi connectivity index (χ3v) is 4.48. The van der Waals surface area contributed by atoms with Crippen LogP contribution in [-0.4, -0.2) is 19.2 Å². The van der Waals surface area contributed by atoms with Crippen molar-refractivity contribution in [3.8, 4) is 0 Å². The first kappa shape index (κ1) is 15.3. The Labute approximate surface area is 125 Å². The zero-order valence-electron chi connectivity index (χ0n) is 12.1. The van der Waals surface area contributed by atoms with Crippen molar-refractivity contribution < 1.29 is 8.42 Å². The maximum Gasteiger partial charge on any atom is 0.233 e. The second-order valence-electron chi connectivity index (χ2n) is 5.06. The number of rotatable bonds is 5. The van der Waals surface area contributed by atoms with Crippen LogP contribution in [0.4, 0.5) is 11.4 Å². The van der Waals surface area contributed by atoms with Crippen molar-refractivity contribution in [1.29, 1.82) is 0 Å². The van der Waals surface area contributed by atoms with Gasteiger partial charge >= 0.3 is 0 Å². The van der Waals surface area contributed by atoms with Crippen molar-refractivity contribution in [3.63, 3.8) is 0 Å². The van der Waals surface area contributed by atoms with Crippen LogP contribution in [0.1, 0.15) is 16.7 Å². The fraction of sp³-hybridized carbons (Fsp3) is 0.267. The third-order valence-electron chi connectivity index (χ3n) is 3.22. The van der Waals surface area contributed by atoms with Gasteiger partial charge in [0.2, 0.25) is 10.0 Å². The van der Waals surface area contributed by atoms with Crippen LogP contribution < -0.4 is 10.5 Å². The van der Waals surface area contributed by atoms with E-state index in [1.807, 2.05) is 26.0 Å². The standard InChI is InChI=1S/C15H19N3O2S/c1-11-9-14(16)10-12(2)15(11)18-21(19,20)8-5-13-3-6-17-7-4-13/h3-4,6-7,9-10,18H,5,8,16H2,1-2H3. The first-order chi connectivity index (χ1) is 9.87. The van der Waals surface area contributed by atoms with Crippen LogP contribution >= 0.6 is 0 Å². The van der Waals surface area contributed by atoms with Gasteiger partial charge in [0.15, 0.2) is 0 Å². The predicted octanol–water partition coefficient (Wildman–Crippen LogP) is 2.27. The van der Waals surface area contributed by atoms with Crippen molar-refractivity contribution in [2.24, 2.45) is 0 Å². The number of hydrogen-bond donors (Lipinski definition) is 2. The zero-order valence-corrected chi connectivity index (χ0v) is 12.9. The largest absolute Gasteiger partial charge is 0.399 e. The summed E-state index contributed by atoms with van der Waals surface area (Å²) >= 11 is 0. The van der Waals surface area contributed by atoms with Crippen LogP contribution in [-0.2, 0) is 16.4 Å². The van der Waals surface area contributed by atoms with E-state index in [1.165, 1.54) is 0 Å². The molecule has 0 fully saturated rings. The van der Waals surface area contributed by atoms with Crippen molar-refractivity contribution in [2.75, 3.05) is 16.2 Å². The van der Waals surface area contributed by atoms with Crippen molar-refractivity contribution >= 4 is 21.4 Å². The van der Waals surface area contributed by atoms with E-state index in [0.717, 1.165) is 16.7 Å². The van der Waals surface area contributed by atoms with Crippen molar-refractivity contribution in [2.45, 2.75) is 20.3 Å². The number of pyridine rings is 1. The minimum Gasteiger partial charge on any atom is -0.399 e. The Morgan fingerprint density at radius 2 is 1.71 bits per heavy atom. The Morgan fingerprint density at radius 3 is 2.29 bits per heavy atom. The maximum atomic E-state index is 12.2. The molecule has 0 saturated carbocycles. The molecule has 2 rings (SSSR count). The molecule has 0 saturated heterocycles. The molecule has 0 bridgehead atoms. The number of hydrogen-bond acceptors (Lipinski definition) is 4. The molecule has 5 nitrogen and oxygen atoms in total. The number of nitrogens with one attached hydrogen (secondary N) is 1. The molecule has 0 spiro atoms. The average Bonchev–Trinajstić information content (AvgIpc) is 2.42. The number of nitrogens with two attached hydrogens (primary N) is 1. The molecule has 0 amide bonds. The van der Waals surface area contributed by atoms with Crippen LogP contribution in [0.3, 0.4) is 0 Å². The molecule has 6 heteroatoms. The van der Waals surface area contributed by atoms with Crippen LogP contribution in [0.5, 0.6) is 0 Å². The fourth-order valence-electron chi connectivity index (χ4n) is 2.17. The highest BCUT2D eigenvalue weighted by Crippen LogP contribution is 2.24. The summed E-state index contributed by atoms with van der Waals surface area (Å²) in [4.78, 5) is 3.91. The minimum atomic E-state index is -3.40. The molecule has 0 unspecified atom stereocenters. The lowest BCUT2D eigenvalue weighted by Crippen LogP contribution is -2.19. The Bertz CT molecular complexity index is 705. The molecule has 0 atom stereocenters. The summed E-state index contributed by atoms with van der Waals surface area (Å²) in [6.07, 6.45) is 3.76. The van der Waals surface area contributed by atoms with E-state index in [4.69, 9.17) is 5.73 Å². The molecule has 112 valence electrons. The summed E-state index contributed by atoms with van der Waals surface area (Å²) in [7, 11) is -3.40. The molecule has 1 aromatic heterocycles. The van der Waals surface area contributed by atoms with Gasteiger partial charge in [0.1, 0.15) is 0 Å². The summed E-state index contributed by atoms with van der Waals surface area (Å²) in [6, 6.07) is 7.14. The van der Waals surface area contributed by atoms with E-state index in [0.29, 0.717) is 17.8 Å². The summed E-state index contributed by atoms with van der Waals surface area (Å²) in [5.41, 5.74) is 9.57. The molecule has 1 heterocycles. The topological polar surface area (TPSA) is 85.1 Å². The lowest BCUT2D eigenvalue weighted by molar-refractivity contribution is 0.600. The first-order valence-electron chi connectivity index (χ1n) is 6.63. The lowest BCUT2D eigenvalue weighted by Gasteiger charge is -2.14. The SMILES string of the molecule is Cc1cc(N)cc(C)c1NS(=O)(=O)CCc1ccncc1. The van der Waals surface area contributed by atoms with Crippen molar-refractivity contribution in [1.82, 2.24) is 4.98 Å². The van der Waals surface area contributed by atoms with E-state index in [1.54, 1.807) is 24.5 Å². The van der Waals surface area contributed by atoms with Crippen LogP contribution in [0.25, 0.3) is 0 Å². The zero-order chi connectivity index (χ0) is 15.5. The highest BCUT2D eigenvalue weighted by Gasteiger charge is 2.14. The fourth-order valence-corrected chi connectivity index (χ4v) is 3.41. The molecule has 0 aliphatic carbocycles. The predicted molar refractivity (Wildman–Crippen MR) is 85.7 cm³/mol. The van der Waals surface area contributed by atoms with E-state index in [2.05, 4.69) is 9.71 Å². The Balaban J connectivity index is 2.11. The van der Waals surface area contributed by atoms with Gasteiger partial charge in [0.25, 0.3) is 0 Å². The third kappa shape index (κ3) is 4.19. The number of anilines is 2. The molecule has 2 aromatic rings. The number of nitrogens with zero attached hydrogens (tertiary/aromatic N) is 1. The van der Waals surface area contributed by atoms with E-state index in [9.17, 15) is 8.42 Å². The van der Waals surface area contributed by atoms with Gasteiger partial charge in [-0.05, 0) is 61.2 Å². The molecule has 0 radical (unpaired) electrons. The van der Waals surface area contributed by atoms with Gasteiger partial charge in [-0.1, -0.05) is 0 Å². The molecular formula is C15H19N3O2S. The number of sulfonamides is 1. The highest BCUT2D eigenvalue weighted by atomic mass is 32.2. The van der Waals surface area contributed by atoms with E-state index >= 15 is 0 Å². The number of nitrogen functional groups attached to an aromatic ring is 1. The first-order valence-corrected chi connectivity index (χ1v) is 8.29. The molecule has 0 aliphatic heterocycles. The Hall–Kier alpha value is -2.08.